The molecule has 4 aromatic rings. The number of aromatic nitrogens is 3. The van der Waals surface area contributed by atoms with Crippen LogP contribution in [0.25, 0.3) is 11.1 Å². The summed E-state index contributed by atoms with van der Waals surface area (Å²) in [6, 6.07) is 11.1. The fraction of sp³-hybridized carbons (Fsp3) is 0.0870. The van der Waals surface area contributed by atoms with Crippen LogP contribution in [0.15, 0.2) is 78.2 Å². The van der Waals surface area contributed by atoms with E-state index in [-0.39, 0.29) is 33.1 Å². The lowest BCUT2D eigenvalue weighted by Gasteiger charge is -2.11. The smallest absolute Gasteiger partial charge is 0.504 e. The number of hydrogen-bond donors (Lipinski definition) is 2. The zero-order chi connectivity index (χ0) is 27.9. The Kier molecular flexibility index (Phi) is 9.20. The minimum atomic E-state index is -4.74. The third-order valence-electron chi connectivity index (χ3n) is 4.40. The first-order valence-corrected chi connectivity index (χ1v) is 12.4. The summed E-state index contributed by atoms with van der Waals surface area (Å²) >= 11 is 11.4. The first-order valence-electron chi connectivity index (χ1n) is 10.2. The number of nitrogens with one attached hydrogen (secondary N) is 1. The standard InChI is InChI=1S/C13H9ClF3NO2.C10H8ClN3O3S/c1-19-12-11(6-9(14)7-18-12)8-3-2-4-10(5-8)20-13(15,16)17;11-7-4-9(15)10(13-5-7)14-18(16,17)8-2-1-3-12-6-8/h2-7H,1H3;1-6,15H,(H,13,14). The van der Waals surface area contributed by atoms with E-state index in [4.69, 9.17) is 27.9 Å². The molecule has 9 nitrogen and oxygen atoms in total. The highest BCUT2D eigenvalue weighted by Crippen LogP contribution is 2.33. The molecule has 200 valence electrons. The molecule has 0 atom stereocenters. The van der Waals surface area contributed by atoms with Gasteiger partial charge in [0.25, 0.3) is 10.0 Å². The molecule has 2 N–H and O–H groups in total. The van der Waals surface area contributed by atoms with Gasteiger partial charge in [0.05, 0.1) is 17.2 Å². The summed E-state index contributed by atoms with van der Waals surface area (Å²) in [5, 5.41) is 10.1. The zero-order valence-electron chi connectivity index (χ0n) is 19.1. The summed E-state index contributed by atoms with van der Waals surface area (Å²) in [5.41, 5.74) is 0.936. The Morgan fingerprint density at radius 3 is 2.32 bits per heavy atom. The summed E-state index contributed by atoms with van der Waals surface area (Å²) in [6.07, 6.45) is 0.518. The first-order chi connectivity index (χ1) is 17.9. The molecule has 15 heteroatoms. The van der Waals surface area contributed by atoms with Crippen LogP contribution in [0.2, 0.25) is 10.0 Å². The maximum absolute atomic E-state index is 12.2. The monoisotopic (exact) mass is 588 g/mol. The number of aromatic hydroxyl groups is 1. The molecule has 0 radical (unpaired) electrons. The lowest BCUT2D eigenvalue weighted by molar-refractivity contribution is -0.274. The summed E-state index contributed by atoms with van der Waals surface area (Å²) in [5.74, 6) is -0.603. The van der Waals surface area contributed by atoms with Gasteiger partial charge in [0.15, 0.2) is 11.6 Å². The second-order valence-electron chi connectivity index (χ2n) is 7.10. The number of sulfonamides is 1. The highest BCUT2D eigenvalue weighted by atomic mass is 35.5. The van der Waals surface area contributed by atoms with Crippen molar-refractivity contribution < 1.29 is 36.2 Å². The van der Waals surface area contributed by atoms with Gasteiger partial charge in [0.2, 0.25) is 5.88 Å². The topological polar surface area (TPSA) is 124 Å². The molecule has 0 bridgehead atoms. The van der Waals surface area contributed by atoms with Gasteiger partial charge in [-0.2, -0.15) is 0 Å². The van der Waals surface area contributed by atoms with E-state index in [2.05, 4.69) is 24.4 Å². The van der Waals surface area contributed by atoms with Crippen molar-refractivity contribution in [2.45, 2.75) is 11.3 Å². The van der Waals surface area contributed by atoms with Crippen LogP contribution >= 0.6 is 23.2 Å². The molecule has 3 aromatic heterocycles. The van der Waals surface area contributed by atoms with Crippen LogP contribution in [-0.4, -0.2) is 41.9 Å². The van der Waals surface area contributed by atoms with Crippen LogP contribution in [0.3, 0.4) is 0 Å². The van der Waals surface area contributed by atoms with Crippen LogP contribution < -0.4 is 14.2 Å². The van der Waals surface area contributed by atoms with Crippen molar-refractivity contribution in [1.29, 1.82) is 0 Å². The second-order valence-corrected chi connectivity index (χ2v) is 9.66. The molecule has 0 aliphatic carbocycles. The number of methoxy groups -OCH3 is 1. The summed E-state index contributed by atoms with van der Waals surface area (Å²) < 4.78 is 71.5. The fourth-order valence-electron chi connectivity index (χ4n) is 2.86. The average molecular weight is 589 g/mol. The quantitative estimate of drug-likeness (QED) is 0.283. The van der Waals surface area contributed by atoms with Gasteiger partial charge in [-0.25, -0.2) is 18.4 Å². The number of pyridine rings is 3. The van der Waals surface area contributed by atoms with Crippen molar-refractivity contribution in [3.05, 3.63) is 83.4 Å². The number of hydrogen-bond acceptors (Lipinski definition) is 8. The van der Waals surface area contributed by atoms with Crippen molar-refractivity contribution in [3.8, 4) is 28.5 Å². The van der Waals surface area contributed by atoms with Crippen LogP contribution in [0.5, 0.6) is 17.4 Å². The van der Waals surface area contributed by atoms with Crippen molar-refractivity contribution >= 4 is 39.0 Å². The van der Waals surface area contributed by atoms with E-state index in [1.54, 1.807) is 12.1 Å². The van der Waals surface area contributed by atoms with Crippen LogP contribution in [0.1, 0.15) is 0 Å². The Balaban J connectivity index is 0.000000212. The van der Waals surface area contributed by atoms with Crippen molar-refractivity contribution in [2.75, 3.05) is 11.8 Å². The van der Waals surface area contributed by atoms with E-state index < -0.39 is 16.4 Å². The number of anilines is 1. The molecule has 0 saturated heterocycles. The molecular formula is C23H17Cl2F3N4O5S. The molecule has 0 aliphatic rings. The van der Waals surface area contributed by atoms with Gasteiger partial charge in [0.1, 0.15) is 10.6 Å². The maximum atomic E-state index is 12.2. The Bertz CT molecular complexity index is 1510. The predicted octanol–water partition coefficient (Wildman–Crippen LogP) is 5.95. The predicted molar refractivity (Wildman–Crippen MR) is 134 cm³/mol. The largest absolute Gasteiger partial charge is 0.573 e. The molecule has 0 fully saturated rings. The van der Waals surface area contributed by atoms with Crippen molar-refractivity contribution in [2.24, 2.45) is 0 Å². The van der Waals surface area contributed by atoms with E-state index in [1.807, 2.05) is 0 Å². The number of rotatable bonds is 6. The Hall–Kier alpha value is -3.81. The van der Waals surface area contributed by atoms with E-state index >= 15 is 0 Å². The number of alkyl halides is 3. The van der Waals surface area contributed by atoms with Crippen LogP contribution in [0.4, 0.5) is 19.0 Å². The highest BCUT2D eigenvalue weighted by Gasteiger charge is 2.31. The Morgan fingerprint density at radius 2 is 1.68 bits per heavy atom. The normalized spacial score (nSPS) is 11.2. The number of benzene rings is 1. The summed E-state index contributed by atoms with van der Waals surface area (Å²) in [6.45, 7) is 0. The number of nitrogens with zero attached hydrogens (tertiary/aromatic N) is 3. The summed E-state index contributed by atoms with van der Waals surface area (Å²) in [7, 11) is -2.41. The fourth-order valence-corrected chi connectivity index (χ4v) is 4.15. The minimum Gasteiger partial charge on any atom is -0.504 e. The van der Waals surface area contributed by atoms with E-state index in [9.17, 15) is 26.7 Å². The SMILES string of the molecule is COc1ncc(Cl)cc1-c1cccc(OC(F)(F)F)c1.O=S(=O)(Nc1ncc(Cl)cc1O)c1cccnc1. The molecule has 0 amide bonds. The molecule has 0 spiro atoms. The van der Waals surface area contributed by atoms with E-state index in [0.717, 1.165) is 0 Å². The molecular weight excluding hydrogens is 572 g/mol. The van der Waals surface area contributed by atoms with Crippen molar-refractivity contribution in [1.82, 2.24) is 15.0 Å². The number of ether oxygens (including phenoxy) is 2. The third-order valence-corrected chi connectivity index (χ3v) is 6.14. The molecule has 4 rings (SSSR count). The minimum absolute atomic E-state index is 0.0267. The first kappa shape index (κ1) is 28.8. The van der Waals surface area contributed by atoms with Gasteiger partial charge in [-0.1, -0.05) is 35.3 Å². The number of halogens is 5. The molecule has 1 aromatic carbocycles. The van der Waals surface area contributed by atoms with Gasteiger partial charge in [0, 0.05) is 36.4 Å². The third kappa shape index (κ3) is 8.10. The maximum Gasteiger partial charge on any atom is 0.573 e. The highest BCUT2D eigenvalue weighted by molar-refractivity contribution is 7.92. The van der Waals surface area contributed by atoms with E-state index in [1.165, 1.54) is 68.3 Å². The molecule has 0 saturated carbocycles. The van der Waals surface area contributed by atoms with Crippen molar-refractivity contribution in [3.63, 3.8) is 0 Å². The molecule has 0 aliphatic heterocycles. The zero-order valence-corrected chi connectivity index (χ0v) is 21.5. The Morgan fingerprint density at radius 1 is 0.974 bits per heavy atom. The van der Waals surface area contributed by atoms with Gasteiger partial charge in [-0.15, -0.1) is 13.2 Å². The van der Waals surface area contributed by atoms with E-state index in [0.29, 0.717) is 16.1 Å². The average Bonchev–Trinajstić information content (AvgIpc) is 2.86. The summed E-state index contributed by atoms with van der Waals surface area (Å²) in [4.78, 5) is 11.3. The van der Waals surface area contributed by atoms with Gasteiger partial charge in [-0.05, 0) is 35.9 Å². The Labute approximate surface area is 224 Å². The lowest BCUT2D eigenvalue weighted by Crippen LogP contribution is -2.17. The van der Waals surface area contributed by atoms with Gasteiger partial charge < -0.3 is 14.6 Å². The van der Waals surface area contributed by atoms with Crippen LogP contribution in [-0.2, 0) is 10.0 Å². The van der Waals surface area contributed by atoms with Gasteiger partial charge >= 0.3 is 6.36 Å². The van der Waals surface area contributed by atoms with Crippen LogP contribution in [0, 0.1) is 0 Å². The lowest BCUT2D eigenvalue weighted by atomic mass is 10.1. The molecule has 0 unspecified atom stereocenters. The molecule has 3 heterocycles. The molecule has 38 heavy (non-hydrogen) atoms. The second kappa shape index (κ2) is 12.2. The van der Waals surface area contributed by atoms with Gasteiger partial charge in [-0.3, -0.25) is 9.71 Å².